The lowest BCUT2D eigenvalue weighted by molar-refractivity contribution is 0.0869. The van der Waals surface area contributed by atoms with Gasteiger partial charge in [0, 0.05) is 24.6 Å². The van der Waals surface area contributed by atoms with Gasteiger partial charge in [-0.2, -0.15) is 0 Å². The number of alkyl halides is 1. The van der Waals surface area contributed by atoms with E-state index in [1.54, 1.807) is 0 Å². The lowest BCUT2D eigenvalue weighted by Gasteiger charge is -2.35. The number of hydrogen-bond acceptors (Lipinski definition) is 4. The van der Waals surface area contributed by atoms with Crippen LogP contribution in [0, 0.1) is 5.92 Å². The summed E-state index contributed by atoms with van der Waals surface area (Å²) in [6.07, 6.45) is 5.11. The van der Waals surface area contributed by atoms with Gasteiger partial charge in [-0.05, 0) is 31.6 Å². The van der Waals surface area contributed by atoms with E-state index < -0.39 is 11.7 Å². The Balaban J connectivity index is 1.51. The van der Waals surface area contributed by atoms with E-state index in [2.05, 4.69) is 20.3 Å². The van der Waals surface area contributed by atoms with Gasteiger partial charge in [0.05, 0.1) is 5.54 Å². The molecule has 6 heteroatoms. The number of aromatic nitrogens is 1. The van der Waals surface area contributed by atoms with Crippen molar-refractivity contribution in [2.75, 3.05) is 0 Å². The Kier molecular flexibility index (Phi) is 2.64. The topological polar surface area (TPSA) is 67.2 Å². The minimum absolute atomic E-state index is 0.223. The molecule has 1 aliphatic carbocycles. The van der Waals surface area contributed by atoms with Gasteiger partial charge >= 0.3 is 0 Å². The highest BCUT2D eigenvalue weighted by Gasteiger charge is 2.62. The van der Waals surface area contributed by atoms with E-state index in [1.807, 2.05) is 0 Å². The molecule has 4 rings (SSSR count). The van der Waals surface area contributed by atoms with E-state index in [9.17, 15) is 9.18 Å². The van der Waals surface area contributed by atoms with Crippen LogP contribution in [-0.4, -0.2) is 34.9 Å². The highest BCUT2D eigenvalue weighted by molar-refractivity contribution is 5.93. The SMILES string of the molecule is O=C(N[C@@]1(C2CC3CCC(C2)N3)C[C@@H]1F)c1ccon1. The third-order valence-electron chi connectivity index (χ3n) is 5.13. The fourth-order valence-corrected chi connectivity index (χ4v) is 3.97. The molecule has 20 heavy (non-hydrogen) atoms. The number of halogens is 1. The van der Waals surface area contributed by atoms with Crippen LogP contribution >= 0.6 is 0 Å². The summed E-state index contributed by atoms with van der Waals surface area (Å²) in [7, 11) is 0. The van der Waals surface area contributed by atoms with Crippen LogP contribution in [0.5, 0.6) is 0 Å². The Labute approximate surface area is 116 Å². The molecule has 1 aromatic heterocycles. The Morgan fingerprint density at radius 2 is 2.15 bits per heavy atom. The quantitative estimate of drug-likeness (QED) is 0.878. The molecule has 2 N–H and O–H groups in total. The predicted molar refractivity (Wildman–Crippen MR) is 68.9 cm³/mol. The molecular formula is C14H18FN3O2. The number of nitrogens with zero attached hydrogens (tertiary/aromatic N) is 1. The normalized spacial score (nSPS) is 42.5. The number of carbonyl (C=O) groups is 1. The summed E-state index contributed by atoms with van der Waals surface area (Å²) < 4.78 is 18.7. The van der Waals surface area contributed by atoms with Gasteiger partial charge in [0.25, 0.3) is 5.91 Å². The van der Waals surface area contributed by atoms with Crippen LogP contribution in [0.2, 0.25) is 0 Å². The number of amides is 1. The van der Waals surface area contributed by atoms with Gasteiger partial charge in [-0.3, -0.25) is 4.79 Å². The fourth-order valence-electron chi connectivity index (χ4n) is 3.97. The molecule has 4 atom stereocenters. The van der Waals surface area contributed by atoms with Crippen LogP contribution < -0.4 is 10.6 Å². The highest BCUT2D eigenvalue weighted by Crippen LogP contribution is 2.51. The second-order valence-corrected chi connectivity index (χ2v) is 6.36. The first-order valence-electron chi connectivity index (χ1n) is 7.30. The molecule has 1 aromatic rings. The largest absolute Gasteiger partial charge is 0.364 e. The van der Waals surface area contributed by atoms with Gasteiger partial charge in [0.15, 0.2) is 5.69 Å². The van der Waals surface area contributed by atoms with Crippen LogP contribution in [0.1, 0.15) is 42.6 Å². The highest BCUT2D eigenvalue weighted by atomic mass is 19.1. The van der Waals surface area contributed by atoms with Gasteiger partial charge in [-0.25, -0.2) is 4.39 Å². The van der Waals surface area contributed by atoms with Crippen molar-refractivity contribution in [3.05, 3.63) is 18.0 Å². The van der Waals surface area contributed by atoms with Crippen molar-refractivity contribution in [3.63, 3.8) is 0 Å². The molecule has 2 aliphatic heterocycles. The molecule has 1 amide bonds. The van der Waals surface area contributed by atoms with E-state index in [0.717, 1.165) is 12.8 Å². The second-order valence-electron chi connectivity index (χ2n) is 6.36. The molecule has 1 saturated carbocycles. The Morgan fingerprint density at radius 3 is 2.70 bits per heavy atom. The monoisotopic (exact) mass is 279 g/mol. The van der Waals surface area contributed by atoms with Crippen molar-refractivity contribution in [2.24, 2.45) is 5.92 Å². The van der Waals surface area contributed by atoms with E-state index in [-0.39, 0.29) is 17.5 Å². The third kappa shape index (κ3) is 1.85. The first-order valence-corrected chi connectivity index (χ1v) is 7.30. The average molecular weight is 279 g/mol. The zero-order chi connectivity index (χ0) is 13.7. The maximum Gasteiger partial charge on any atom is 0.274 e. The maximum absolute atomic E-state index is 14.0. The van der Waals surface area contributed by atoms with Crippen LogP contribution in [-0.2, 0) is 0 Å². The zero-order valence-corrected chi connectivity index (χ0v) is 11.1. The summed E-state index contributed by atoms with van der Waals surface area (Å²) >= 11 is 0. The summed E-state index contributed by atoms with van der Waals surface area (Å²) in [5.41, 5.74) is -0.445. The number of nitrogens with one attached hydrogen (secondary N) is 2. The Morgan fingerprint density at radius 1 is 1.45 bits per heavy atom. The fraction of sp³-hybridized carbons (Fsp3) is 0.714. The van der Waals surface area contributed by atoms with Gasteiger partial charge in [0.1, 0.15) is 12.4 Å². The number of hydrogen-bond donors (Lipinski definition) is 2. The molecule has 3 aliphatic rings. The first-order chi connectivity index (χ1) is 9.67. The number of carbonyl (C=O) groups excluding carboxylic acids is 1. The number of piperidine rings is 1. The molecular weight excluding hydrogens is 261 g/mol. The number of rotatable bonds is 3. The van der Waals surface area contributed by atoms with Crippen LogP contribution in [0.3, 0.4) is 0 Å². The van der Waals surface area contributed by atoms with Crippen molar-refractivity contribution < 1.29 is 13.7 Å². The van der Waals surface area contributed by atoms with Crippen LogP contribution in [0.15, 0.2) is 16.9 Å². The molecule has 0 radical (unpaired) electrons. The second kappa shape index (κ2) is 4.28. The average Bonchev–Trinajstić information content (AvgIpc) is 2.87. The molecule has 108 valence electrons. The number of fused-ring (bicyclic) bond motifs is 2. The lowest BCUT2D eigenvalue weighted by Crippen LogP contribution is -2.51. The van der Waals surface area contributed by atoms with E-state index >= 15 is 0 Å². The molecule has 3 fully saturated rings. The van der Waals surface area contributed by atoms with Crippen LogP contribution in [0.4, 0.5) is 4.39 Å². The molecule has 0 spiro atoms. The van der Waals surface area contributed by atoms with E-state index in [1.165, 1.54) is 25.2 Å². The Bertz CT molecular complexity index is 508. The van der Waals surface area contributed by atoms with Gasteiger partial charge < -0.3 is 15.2 Å². The molecule has 2 bridgehead atoms. The smallest absolute Gasteiger partial charge is 0.274 e. The summed E-state index contributed by atoms with van der Waals surface area (Å²) in [5.74, 6) is -0.100. The van der Waals surface area contributed by atoms with Crippen molar-refractivity contribution in [2.45, 2.75) is 55.9 Å². The third-order valence-corrected chi connectivity index (χ3v) is 5.13. The molecule has 2 unspecified atom stereocenters. The van der Waals surface area contributed by atoms with Crippen molar-refractivity contribution in [1.82, 2.24) is 15.8 Å². The minimum Gasteiger partial charge on any atom is -0.364 e. The zero-order valence-electron chi connectivity index (χ0n) is 11.1. The summed E-state index contributed by atoms with van der Waals surface area (Å²) in [4.78, 5) is 12.1. The molecule has 5 nitrogen and oxygen atoms in total. The summed E-state index contributed by atoms with van der Waals surface area (Å²) in [6, 6.07) is 2.49. The predicted octanol–water partition coefficient (Wildman–Crippen LogP) is 1.42. The minimum atomic E-state index is -0.930. The van der Waals surface area contributed by atoms with Gasteiger partial charge in [0.2, 0.25) is 0 Å². The lowest BCUT2D eigenvalue weighted by atomic mass is 9.84. The first kappa shape index (κ1) is 12.3. The molecule has 3 heterocycles. The summed E-state index contributed by atoms with van der Waals surface area (Å²) in [6.45, 7) is 0. The summed E-state index contributed by atoms with van der Waals surface area (Å²) in [5, 5.41) is 10.1. The van der Waals surface area contributed by atoms with Gasteiger partial charge in [-0.15, -0.1) is 0 Å². The molecule has 0 aromatic carbocycles. The standard InChI is InChI=1S/C14H18FN3O2/c15-12-7-14(12,17-13(19)11-3-4-20-18-11)8-5-9-1-2-10(6-8)16-9/h3-4,8-10,12,16H,1-2,5-7H2,(H,17,19)/t8?,9?,10?,12-,14+/m0/s1. The van der Waals surface area contributed by atoms with Crippen molar-refractivity contribution in [3.8, 4) is 0 Å². The Hall–Kier alpha value is -1.43. The molecule has 2 saturated heterocycles. The van der Waals surface area contributed by atoms with Crippen molar-refractivity contribution in [1.29, 1.82) is 0 Å². The van der Waals surface area contributed by atoms with Crippen LogP contribution in [0.25, 0.3) is 0 Å². The van der Waals surface area contributed by atoms with E-state index in [0.29, 0.717) is 18.5 Å². The van der Waals surface area contributed by atoms with Crippen molar-refractivity contribution >= 4 is 5.91 Å². The van der Waals surface area contributed by atoms with E-state index in [4.69, 9.17) is 0 Å². The van der Waals surface area contributed by atoms with Gasteiger partial charge in [-0.1, -0.05) is 5.16 Å². The maximum atomic E-state index is 14.0.